The molecule has 0 bridgehead atoms. The summed E-state index contributed by atoms with van der Waals surface area (Å²) in [5.74, 6) is 0.846. The first-order valence-corrected chi connectivity index (χ1v) is 6.33. The van der Waals surface area contributed by atoms with Crippen LogP contribution in [0.3, 0.4) is 0 Å². The lowest BCUT2D eigenvalue weighted by atomic mass is 10.0. The van der Waals surface area contributed by atoms with E-state index in [0.29, 0.717) is 24.5 Å². The molecule has 1 aromatic carbocycles. The SMILES string of the molecule is CC(=CCCC(=O)CC(C)C)c1ccccc1. The van der Waals surface area contributed by atoms with E-state index in [4.69, 9.17) is 0 Å². The van der Waals surface area contributed by atoms with Crippen LogP contribution in [-0.2, 0) is 4.79 Å². The average Bonchev–Trinajstić information content (AvgIpc) is 2.29. The van der Waals surface area contributed by atoms with Crippen molar-refractivity contribution in [1.29, 1.82) is 0 Å². The van der Waals surface area contributed by atoms with Gasteiger partial charge in [0.05, 0.1) is 0 Å². The quantitative estimate of drug-likeness (QED) is 0.704. The molecule has 0 heterocycles. The van der Waals surface area contributed by atoms with E-state index in [2.05, 4.69) is 39.0 Å². The normalized spacial score (nSPS) is 11.9. The van der Waals surface area contributed by atoms with Crippen LogP contribution in [0.4, 0.5) is 0 Å². The van der Waals surface area contributed by atoms with Crippen LogP contribution in [0.25, 0.3) is 5.57 Å². The molecule has 0 atom stereocenters. The fourth-order valence-electron chi connectivity index (χ4n) is 1.83. The van der Waals surface area contributed by atoms with Crippen LogP contribution in [-0.4, -0.2) is 5.78 Å². The highest BCUT2D eigenvalue weighted by atomic mass is 16.1. The van der Waals surface area contributed by atoms with Gasteiger partial charge in [0.2, 0.25) is 0 Å². The summed E-state index contributed by atoms with van der Waals surface area (Å²) in [5.41, 5.74) is 2.49. The minimum atomic E-state index is 0.372. The molecule has 0 unspecified atom stereocenters. The number of rotatable bonds is 6. The van der Waals surface area contributed by atoms with Crippen molar-refractivity contribution in [2.75, 3.05) is 0 Å². The summed E-state index contributed by atoms with van der Waals surface area (Å²) in [4.78, 5) is 11.5. The third-order valence-electron chi connectivity index (χ3n) is 2.74. The highest BCUT2D eigenvalue weighted by Crippen LogP contribution is 2.14. The van der Waals surface area contributed by atoms with Crippen LogP contribution in [0.2, 0.25) is 0 Å². The van der Waals surface area contributed by atoms with Crippen LogP contribution in [0, 0.1) is 5.92 Å². The van der Waals surface area contributed by atoms with Crippen LogP contribution in [0.5, 0.6) is 0 Å². The van der Waals surface area contributed by atoms with Gasteiger partial charge in [0.1, 0.15) is 5.78 Å². The van der Waals surface area contributed by atoms with Gasteiger partial charge in [-0.2, -0.15) is 0 Å². The Morgan fingerprint density at radius 2 is 1.88 bits per heavy atom. The van der Waals surface area contributed by atoms with Crippen molar-refractivity contribution in [2.24, 2.45) is 5.92 Å². The molecule has 0 fully saturated rings. The summed E-state index contributed by atoms with van der Waals surface area (Å²) in [6, 6.07) is 10.3. The largest absolute Gasteiger partial charge is 0.300 e. The first-order valence-electron chi connectivity index (χ1n) is 6.33. The topological polar surface area (TPSA) is 17.1 Å². The minimum Gasteiger partial charge on any atom is -0.300 e. The van der Waals surface area contributed by atoms with Gasteiger partial charge >= 0.3 is 0 Å². The summed E-state index contributed by atoms with van der Waals surface area (Å²) in [6.45, 7) is 6.27. The Morgan fingerprint density at radius 3 is 2.47 bits per heavy atom. The summed E-state index contributed by atoms with van der Waals surface area (Å²) >= 11 is 0. The molecule has 1 heteroatoms. The van der Waals surface area contributed by atoms with E-state index >= 15 is 0 Å². The summed E-state index contributed by atoms with van der Waals surface area (Å²) in [7, 11) is 0. The number of carbonyl (C=O) groups is 1. The molecule has 0 N–H and O–H groups in total. The van der Waals surface area contributed by atoms with E-state index in [0.717, 1.165) is 6.42 Å². The van der Waals surface area contributed by atoms with Crippen molar-refractivity contribution in [3.05, 3.63) is 42.0 Å². The van der Waals surface area contributed by atoms with Crippen molar-refractivity contribution in [3.8, 4) is 0 Å². The van der Waals surface area contributed by atoms with Crippen LogP contribution < -0.4 is 0 Å². The van der Waals surface area contributed by atoms with Crippen molar-refractivity contribution in [3.63, 3.8) is 0 Å². The van der Waals surface area contributed by atoms with Crippen molar-refractivity contribution in [1.82, 2.24) is 0 Å². The lowest BCUT2D eigenvalue weighted by Gasteiger charge is -2.03. The Morgan fingerprint density at radius 1 is 1.24 bits per heavy atom. The fourth-order valence-corrected chi connectivity index (χ4v) is 1.83. The molecule has 17 heavy (non-hydrogen) atoms. The van der Waals surface area contributed by atoms with Gasteiger partial charge in [-0.3, -0.25) is 4.79 Å². The standard InChI is InChI=1S/C16H22O/c1-13(2)12-16(17)11-7-8-14(3)15-9-5-4-6-10-15/h4-6,8-10,13H,7,11-12H2,1-3H3. The van der Waals surface area contributed by atoms with Crippen LogP contribution >= 0.6 is 0 Å². The smallest absolute Gasteiger partial charge is 0.133 e. The second kappa shape index (κ2) is 7.05. The van der Waals surface area contributed by atoms with Crippen molar-refractivity contribution >= 4 is 11.4 Å². The van der Waals surface area contributed by atoms with E-state index < -0.39 is 0 Å². The molecular weight excluding hydrogens is 208 g/mol. The van der Waals surface area contributed by atoms with Gasteiger partial charge in [0.25, 0.3) is 0 Å². The first-order chi connectivity index (χ1) is 8.09. The number of ketones is 1. The van der Waals surface area contributed by atoms with E-state index in [-0.39, 0.29) is 0 Å². The second-order valence-electron chi connectivity index (χ2n) is 4.93. The van der Waals surface area contributed by atoms with Gasteiger partial charge < -0.3 is 0 Å². The number of hydrogen-bond donors (Lipinski definition) is 0. The number of allylic oxidation sites excluding steroid dienone is 2. The Hall–Kier alpha value is -1.37. The van der Waals surface area contributed by atoms with Crippen molar-refractivity contribution in [2.45, 2.75) is 40.0 Å². The maximum atomic E-state index is 11.5. The third-order valence-corrected chi connectivity index (χ3v) is 2.74. The molecule has 0 aliphatic heterocycles. The fraction of sp³-hybridized carbons (Fsp3) is 0.438. The lowest BCUT2D eigenvalue weighted by Crippen LogP contribution is -2.01. The van der Waals surface area contributed by atoms with Gasteiger partial charge in [-0.1, -0.05) is 50.3 Å². The average molecular weight is 230 g/mol. The highest BCUT2D eigenvalue weighted by Gasteiger charge is 2.03. The molecule has 0 saturated heterocycles. The van der Waals surface area contributed by atoms with Gasteiger partial charge in [0, 0.05) is 12.8 Å². The molecule has 1 rings (SSSR count). The molecule has 0 aromatic heterocycles. The summed E-state index contributed by atoms with van der Waals surface area (Å²) < 4.78 is 0. The molecule has 1 aromatic rings. The molecule has 0 spiro atoms. The minimum absolute atomic E-state index is 0.372. The van der Waals surface area contributed by atoms with Gasteiger partial charge in [-0.25, -0.2) is 0 Å². The Bertz CT molecular complexity index is 374. The maximum Gasteiger partial charge on any atom is 0.133 e. The first kappa shape index (κ1) is 13.7. The number of hydrogen-bond acceptors (Lipinski definition) is 1. The molecule has 0 aliphatic carbocycles. The predicted octanol–water partition coefficient (Wildman–Crippen LogP) is 4.49. The maximum absolute atomic E-state index is 11.5. The Labute approximate surface area is 105 Å². The second-order valence-corrected chi connectivity index (χ2v) is 4.93. The lowest BCUT2D eigenvalue weighted by molar-refractivity contribution is -0.119. The molecular formula is C16H22O. The number of Topliss-reactive ketones (excluding diaryl/α,β-unsaturated/α-hetero) is 1. The van der Waals surface area contributed by atoms with Gasteiger partial charge in [-0.15, -0.1) is 0 Å². The van der Waals surface area contributed by atoms with Gasteiger partial charge in [0.15, 0.2) is 0 Å². The molecule has 92 valence electrons. The van der Waals surface area contributed by atoms with Gasteiger partial charge in [-0.05, 0) is 30.4 Å². The third kappa shape index (κ3) is 5.48. The highest BCUT2D eigenvalue weighted by molar-refractivity contribution is 5.79. The monoisotopic (exact) mass is 230 g/mol. The molecule has 0 saturated carbocycles. The summed E-state index contributed by atoms with van der Waals surface area (Å²) in [5, 5.41) is 0. The molecule has 1 nitrogen and oxygen atoms in total. The number of carbonyl (C=O) groups excluding carboxylic acids is 1. The van der Waals surface area contributed by atoms with Crippen molar-refractivity contribution < 1.29 is 4.79 Å². The predicted molar refractivity (Wildman–Crippen MR) is 73.8 cm³/mol. The van der Waals surface area contributed by atoms with E-state index in [1.165, 1.54) is 11.1 Å². The summed E-state index contributed by atoms with van der Waals surface area (Å²) in [6.07, 6.45) is 4.39. The van der Waals surface area contributed by atoms with E-state index in [9.17, 15) is 4.79 Å². The Kier molecular flexibility index (Phi) is 5.68. The molecule has 0 amide bonds. The molecule has 0 radical (unpaired) electrons. The number of benzene rings is 1. The van der Waals surface area contributed by atoms with Crippen LogP contribution in [0.15, 0.2) is 36.4 Å². The van der Waals surface area contributed by atoms with E-state index in [1.807, 2.05) is 18.2 Å². The zero-order valence-corrected chi connectivity index (χ0v) is 11.1. The molecule has 0 aliphatic rings. The zero-order chi connectivity index (χ0) is 12.7. The zero-order valence-electron chi connectivity index (χ0n) is 11.1. The van der Waals surface area contributed by atoms with Crippen LogP contribution in [0.1, 0.15) is 45.6 Å². The van der Waals surface area contributed by atoms with E-state index in [1.54, 1.807) is 0 Å². The Balaban J connectivity index is 2.42.